The minimum atomic E-state index is -0.974. The summed E-state index contributed by atoms with van der Waals surface area (Å²) < 4.78 is 6.39. The molecule has 0 heterocycles. The second-order valence-corrected chi connectivity index (χ2v) is 6.41. The van der Waals surface area contributed by atoms with E-state index in [0.717, 1.165) is 16.7 Å². The van der Waals surface area contributed by atoms with Gasteiger partial charge in [-0.25, -0.2) is 0 Å². The van der Waals surface area contributed by atoms with Crippen LogP contribution in [0.1, 0.15) is 23.1 Å². The van der Waals surface area contributed by atoms with Gasteiger partial charge in [0.05, 0.1) is 19.1 Å². The van der Waals surface area contributed by atoms with Crippen LogP contribution in [0.15, 0.2) is 91.0 Å². The van der Waals surface area contributed by atoms with Gasteiger partial charge in [0.1, 0.15) is 5.60 Å². The molecule has 0 saturated carbocycles. The highest BCUT2D eigenvalue weighted by Gasteiger charge is 2.38. The standard InChI is InChI=1S/C23H23NO3/c24-22(26)16-21(25)17-27-23(18-10-4-1-5-11-18,19-12-6-2-7-13-19)20-14-8-3-9-15-20/h1-15,21,25H,16-17H2,(H2,24,26). The average molecular weight is 361 g/mol. The van der Waals surface area contributed by atoms with Crippen molar-refractivity contribution in [1.82, 2.24) is 0 Å². The Morgan fingerprint density at radius 2 is 1.19 bits per heavy atom. The van der Waals surface area contributed by atoms with Crippen LogP contribution in [-0.4, -0.2) is 23.7 Å². The Kier molecular flexibility index (Phi) is 6.01. The van der Waals surface area contributed by atoms with Crippen molar-refractivity contribution in [2.24, 2.45) is 5.73 Å². The molecule has 4 nitrogen and oxygen atoms in total. The number of rotatable bonds is 8. The van der Waals surface area contributed by atoms with Crippen LogP contribution in [0.3, 0.4) is 0 Å². The zero-order valence-corrected chi connectivity index (χ0v) is 15.0. The molecule has 1 unspecified atom stereocenters. The number of benzene rings is 3. The molecule has 0 radical (unpaired) electrons. The number of hydrogen-bond donors (Lipinski definition) is 2. The third kappa shape index (κ3) is 4.25. The normalized spacial score (nSPS) is 12.5. The highest BCUT2D eigenvalue weighted by atomic mass is 16.5. The molecule has 0 aliphatic rings. The summed E-state index contributed by atoms with van der Waals surface area (Å²) in [5.41, 5.74) is 7.11. The molecular weight excluding hydrogens is 338 g/mol. The molecule has 0 spiro atoms. The van der Waals surface area contributed by atoms with Gasteiger partial charge in [0.2, 0.25) is 5.91 Å². The molecule has 0 aliphatic carbocycles. The summed E-state index contributed by atoms with van der Waals surface area (Å²) in [5.74, 6) is -0.559. The fourth-order valence-electron chi connectivity index (χ4n) is 3.28. The minimum Gasteiger partial charge on any atom is -0.390 e. The summed E-state index contributed by atoms with van der Waals surface area (Å²) >= 11 is 0. The summed E-state index contributed by atoms with van der Waals surface area (Å²) in [6, 6.07) is 29.6. The third-order valence-corrected chi connectivity index (χ3v) is 4.47. The van der Waals surface area contributed by atoms with Gasteiger partial charge >= 0.3 is 0 Å². The number of nitrogens with two attached hydrogens (primary N) is 1. The van der Waals surface area contributed by atoms with Gasteiger partial charge in [-0.3, -0.25) is 4.79 Å². The van der Waals surface area contributed by atoms with Gasteiger partial charge in [-0.15, -0.1) is 0 Å². The van der Waals surface area contributed by atoms with Crippen LogP contribution in [-0.2, 0) is 15.1 Å². The van der Waals surface area contributed by atoms with Crippen molar-refractivity contribution in [3.05, 3.63) is 108 Å². The second-order valence-electron chi connectivity index (χ2n) is 6.41. The number of amides is 1. The first kappa shape index (κ1) is 18.8. The van der Waals surface area contributed by atoms with E-state index in [1.807, 2.05) is 91.0 Å². The van der Waals surface area contributed by atoms with E-state index in [0.29, 0.717) is 0 Å². The van der Waals surface area contributed by atoms with E-state index in [1.165, 1.54) is 0 Å². The monoisotopic (exact) mass is 361 g/mol. The van der Waals surface area contributed by atoms with Crippen molar-refractivity contribution >= 4 is 5.91 Å². The van der Waals surface area contributed by atoms with E-state index in [1.54, 1.807) is 0 Å². The second kappa shape index (κ2) is 8.62. The van der Waals surface area contributed by atoms with Gasteiger partial charge in [0, 0.05) is 0 Å². The fraction of sp³-hybridized carbons (Fsp3) is 0.174. The van der Waals surface area contributed by atoms with Gasteiger partial charge in [0.15, 0.2) is 0 Å². The summed E-state index contributed by atoms with van der Waals surface area (Å²) in [4.78, 5) is 11.2. The van der Waals surface area contributed by atoms with Crippen molar-refractivity contribution in [2.75, 3.05) is 6.61 Å². The lowest BCUT2D eigenvalue weighted by atomic mass is 9.80. The molecule has 0 aromatic heterocycles. The Bertz CT molecular complexity index is 754. The minimum absolute atomic E-state index is 0.0262. The molecular formula is C23H23NO3. The van der Waals surface area contributed by atoms with Gasteiger partial charge in [-0.2, -0.15) is 0 Å². The van der Waals surface area contributed by atoms with Crippen molar-refractivity contribution in [3.63, 3.8) is 0 Å². The maximum absolute atomic E-state index is 11.2. The first-order chi connectivity index (χ1) is 13.1. The molecule has 0 bridgehead atoms. The fourth-order valence-corrected chi connectivity index (χ4v) is 3.28. The summed E-state index contributed by atoms with van der Waals surface area (Å²) in [6.07, 6.45) is -1.12. The Morgan fingerprint density at radius 1 is 0.815 bits per heavy atom. The van der Waals surface area contributed by atoms with E-state index in [9.17, 15) is 9.90 Å². The number of hydrogen-bond acceptors (Lipinski definition) is 3. The first-order valence-electron chi connectivity index (χ1n) is 8.90. The zero-order chi connectivity index (χ0) is 19.1. The Hall–Kier alpha value is -2.95. The SMILES string of the molecule is NC(=O)CC(O)COC(c1ccccc1)(c1ccccc1)c1ccccc1. The van der Waals surface area contributed by atoms with E-state index < -0.39 is 17.6 Å². The van der Waals surface area contributed by atoms with Crippen LogP contribution in [0.2, 0.25) is 0 Å². The Labute approximate surface area is 159 Å². The molecule has 0 aliphatic heterocycles. The molecule has 1 atom stereocenters. The lowest BCUT2D eigenvalue weighted by Crippen LogP contribution is -2.36. The van der Waals surface area contributed by atoms with Crippen LogP contribution >= 0.6 is 0 Å². The Morgan fingerprint density at radius 3 is 1.52 bits per heavy atom. The summed E-state index contributed by atoms with van der Waals surface area (Å²) in [5, 5.41) is 10.2. The van der Waals surface area contributed by atoms with Crippen LogP contribution in [0.5, 0.6) is 0 Å². The zero-order valence-electron chi connectivity index (χ0n) is 15.0. The van der Waals surface area contributed by atoms with Gasteiger partial charge in [-0.1, -0.05) is 91.0 Å². The first-order valence-corrected chi connectivity index (χ1v) is 8.90. The molecule has 3 rings (SSSR count). The van der Waals surface area contributed by atoms with E-state index >= 15 is 0 Å². The molecule has 0 saturated heterocycles. The van der Waals surface area contributed by atoms with Crippen molar-refractivity contribution in [1.29, 1.82) is 0 Å². The number of aliphatic hydroxyl groups excluding tert-OH is 1. The lowest BCUT2D eigenvalue weighted by Gasteiger charge is -2.36. The number of ether oxygens (including phenoxy) is 1. The maximum atomic E-state index is 11.2. The highest BCUT2D eigenvalue weighted by molar-refractivity contribution is 5.74. The highest BCUT2D eigenvalue weighted by Crippen LogP contribution is 2.40. The molecule has 138 valence electrons. The predicted molar refractivity (Wildman–Crippen MR) is 105 cm³/mol. The third-order valence-electron chi connectivity index (χ3n) is 4.47. The van der Waals surface area contributed by atoms with Crippen LogP contribution < -0.4 is 5.73 Å². The van der Waals surface area contributed by atoms with E-state index in [-0.39, 0.29) is 13.0 Å². The van der Waals surface area contributed by atoms with Crippen molar-refractivity contribution in [3.8, 4) is 0 Å². The van der Waals surface area contributed by atoms with E-state index in [2.05, 4.69) is 0 Å². The number of aliphatic hydroxyl groups is 1. The smallest absolute Gasteiger partial charge is 0.220 e. The summed E-state index contributed by atoms with van der Waals surface area (Å²) in [6.45, 7) is -0.0262. The Balaban J connectivity index is 2.12. The van der Waals surface area contributed by atoms with Gasteiger partial charge < -0.3 is 15.6 Å². The molecule has 3 N–H and O–H groups in total. The molecule has 0 fully saturated rings. The van der Waals surface area contributed by atoms with Gasteiger partial charge in [-0.05, 0) is 16.7 Å². The van der Waals surface area contributed by atoms with Gasteiger partial charge in [0.25, 0.3) is 0 Å². The maximum Gasteiger partial charge on any atom is 0.220 e. The van der Waals surface area contributed by atoms with Crippen molar-refractivity contribution < 1.29 is 14.6 Å². The quantitative estimate of drug-likeness (QED) is 0.605. The van der Waals surface area contributed by atoms with Crippen LogP contribution in [0, 0.1) is 0 Å². The number of carbonyl (C=O) groups excluding carboxylic acids is 1. The average Bonchev–Trinajstić information content (AvgIpc) is 2.70. The number of primary amides is 1. The lowest BCUT2D eigenvalue weighted by molar-refractivity contribution is -0.121. The molecule has 4 heteroatoms. The molecule has 27 heavy (non-hydrogen) atoms. The molecule has 3 aromatic rings. The topological polar surface area (TPSA) is 72.6 Å². The largest absolute Gasteiger partial charge is 0.390 e. The van der Waals surface area contributed by atoms with E-state index in [4.69, 9.17) is 10.5 Å². The molecule has 1 amide bonds. The van der Waals surface area contributed by atoms with Crippen LogP contribution in [0.4, 0.5) is 0 Å². The number of carbonyl (C=O) groups is 1. The van der Waals surface area contributed by atoms with Crippen LogP contribution in [0.25, 0.3) is 0 Å². The predicted octanol–water partition coefficient (Wildman–Crippen LogP) is 3.23. The molecule has 3 aromatic carbocycles. The summed E-state index contributed by atoms with van der Waals surface area (Å²) in [7, 11) is 0. The van der Waals surface area contributed by atoms with Crippen molar-refractivity contribution in [2.45, 2.75) is 18.1 Å².